The summed E-state index contributed by atoms with van der Waals surface area (Å²) in [6.45, 7) is 0.835. The molecule has 0 spiro atoms. The fourth-order valence-electron chi connectivity index (χ4n) is 3.27. The number of methoxy groups -OCH3 is 1. The van der Waals surface area contributed by atoms with Crippen molar-refractivity contribution in [3.63, 3.8) is 0 Å². The van der Waals surface area contributed by atoms with E-state index < -0.39 is 17.8 Å². The van der Waals surface area contributed by atoms with Crippen LogP contribution in [0, 0.1) is 0 Å². The monoisotopic (exact) mass is 546 g/mol. The first-order valence-electron chi connectivity index (χ1n) is 10.7. The standard InChI is InChI=1S/C19H18N4O4S2.C4H4O4/c1-26-7-6-21-18(25)13-5-3-11(9-22-13)27-19-14-12(16(28-19)17(20)24)4-2-10-8-23-29-15(10)14;5-3(6)1-2-4(7)8/h3,5,8-9H,2,4,6-7H2,1H3,(H2,20,24)(H,21,25);1-2H,(H,5,6)(H,7,8)/b;2-1+. The number of nitrogens with one attached hydrogen (secondary N) is 1. The van der Waals surface area contributed by atoms with Crippen LogP contribution in [0.2, 0.25) is 0 Å². The van der Waals surface area contributed by atoms with Gasteiger partial charge in [0.05, 0.1) is 28.1 Å². The number of thiophene rings is 1. The molecule has 5 N–H and O–H groups in total. The Kier molecular flexibility index (Phi) is 9.43. The zero-order chi connectivity index (χ0) is 26.9. The van der Waals surface area contributed by atoms with Crippen molar-refractivity contribution in [3.05, 3.63) is 58.4 Å². The van der Waals surface area contributed by atoms with Crippen LogP contribution in [0.25, 0.3) is 10.4 Å². The number of carboxylic acids is 2. The number of nitrogens with two attached hydrogens (primary N) is 1. The van der Waals surface area contributed by atoms with E-state index >= 15 is 0 Å². The highest BCUT2D eigenvalue weighted by atomic mass is 32.1. The lowest BCUT2D eigenvalue weighted by atomic mass is 9.93. The third kappa shape index (κ3) is 7.19. The number of aliphatic carboxylic acids is 2. The van der Waals surface area contributed by atoms with Crippen LogP contribution in [0.15, 0.2) is 36.7 Å². The van der Waals surface area contributed by atoms with Crippen molar-refractivity contribution < 1.29 is 38.9 Å². The minimum absolute atomic E-state index is 0.282. The van der Waals surface area contributed by atoms with E-state index in [-0.39, 0.29) is 11.6 Å². The van der Waals surface area contributed by atoms with Crippen LogP contribution in [0.5, 0.6) is 10.8 Å². The minimum Gasteiger partial charge on any atom is -0.478 e. The number of rotatable bonds is 9. The van der Waals surface area contributed by atoms with E-state index in [1.807, 2.05) is 6.20 Å². The Morgan fingerprint density at radius 1 is 1.14 bits per heavy atom. The number of primary amides is 1. The van der Waals surface area contributed by atoms with Crippen LogP contribution in [0.4, 0.5) is 0 Å². The molecule has 3 aromatic heterocycles. The third-order valence-corrected chi connectivity index (χ3v) is 6.84. The summed E-state index contributed by atoms with van der Waals surface area (Å²) in [6, 6.07) is 3.26. The van der Waals surface area contributed by atoms with Gasteiger partial charge in [0.25, 0.3) is 11.8 Å². The maximum absolute atomic E-state index is 12.0. The van der Waals surface area contributed by atoms with Crippen LogP contribution >= 0.6 is 22.9 Å². The average molecular weight is 547 g/mol. The quantitative estimate of drug-likeness (QED) is 0.229. The number of aromatic nitrogens is 2. The van der Waals surface area contributed by atoms with Gasteiger partial charge in [-0.2, -0.15) is 0 Å². The van der Waals surface area contributed by atoms with E-state index in [1.165, 1.54) is 29.1 Å². The number of hydrogen-bond donors (Lipinski definition) is 4. The molecule has 37 heavy (non-hydrogen) atoms. The van der Waals surface area contributed by atoms with E-state index in [4.69, 9.17) is 25.4 Å². The van der Waals surface area contributed by atoms with Crippen molar-refractivity contribution in [3.8, 4) is 21.3 Å². The molecule has 3 heterocycles. The van der Waals surface area contributed by atoms with Crippen LogP contribution < -0.4 is 15.8 Å². The molecule has 12 nitrogen and oxygen atoms in total. The molecule has 4 rings (SSSR count). The Morgan fingerprint density at radius 3 is 2.46 bits per heavy atom. The summed E-state index contributed by atoms with van der Waals surface area (Å²) in [4.78, 5) is 48.7. The lowest BCUT2D eigenvalue weighted by Crippen LogP contribution is -2.27. The number of carbonyl (C=O) groups excluding carboxylic acids is 2. The van der Waals surface area contributed by atoms with Crippen molar-refractivity contribution in [2.75, 3.05) is 20.3 Å². The van der Waals surface area contributed by atoms with E-state index in [0.29, 0.717) is 41.0 Å². The Balaban J connectivity index is 0.000000414. The molecule has 14 heteroatoms. The molecule has 0 unspecified atom stereocenters. The molecule has 1 aliphatic rings. The second-order valence-corrected chi connectivity index (χ2v) is 9.14. The highest BCUT2D eigenvalue weighted by Crippen LogP contribution is 2.49. The number of fused-ring (bicyclic) bond motifs is 3. The SMILES string of the molecule is COCCNC(=O)c1ccc(Oc2sc(C(N)=O)c3c2-c2sncc2CC3)cn1.O=C(O)/C=C/C(=O)O. The van der Waals surface area contributed by atoms with Gasteiger partial charge in [0.2, 0.25) is 0 Å². The largest absolute Gasteiger partial charge is 0.478 e. The minimum atomic E-state index is -1.26. The van der Waals surface area contributed by atoms with Crippen LogP contribution in [0.3, 0.4) is 0 Å². The fourth-order valence-corrected chi connectivity index (χ4v) is 5.27. The summed E-state index contributed by atoms with van der Waals surface area (Å²) in [7, 11) is 1.57. The van der Waals surface area contributed by atoms with E-state index in [1.54, 1.807) is 19.2 Å². The lowest BCUT2D eigenvalue weighted by Gasteiger charge is -2.14. The van der Waals surface area contributed by atoms with Gasteiger partial charge < -0.3 is 30.7 Å². The molecule has 194 valence electrons. The fraction of sp³-hybridized carbons (Fsp3) is 0.217. The first kappa shape index (κ1) is 27.4. The molecule has 3 aromatic rings. The van der Waals surface area contributed by atoms with Gasteiger partial charge in [0, 0.05) is 32.0 Å². The number of hydrogen-bond acceptors (Lipinski definition) is 10. The maximum atomic E-state index is 12.0. The second kappa shape index (κ2) is 12.7. The van der Waals surface area contributed by atoms with Crippen molar-refractivity contribution in [2.45, 2.75) is 12.8 Å². The summed E-state index contributed by atoms with van der Waals surface area (Å²) >= 11 is 2.61. The molecule has 0 atom stereocenters. The van der Waals surface area contributed by atoms with Gasteiger partial charge in [-0.15, -0.1) is 0 Å². The van der Waals surface area contributed by atoms with Gasteiger partial charge >= 0.3 is 11.9 Å². The first-order valence-corrected chi connectivity index (χ1v) is 12.2. The number of amides is 2. The molecule has 0 bridgehead atoms. The lowest BCUT2D eigenvalue weighted by molar-refractivity contribution is -0.134. The van der Waals surface area contributed by atoms with Gasteiger partial charge in [-0.1, -0.05) is 11.3 Å². The molecule has 0 saturated heterocycles. The van der Waals surface area contributed by atoms with Crippen LogP contribution in [0.1, 0.15) is 31.3 Å². The summed E-state index contributed by atoms with van der Waals surface area (Å²) < 4.78 is 15.2. The molecule has 0 radical (unpaired) electrons. The van der Waals surface area contributed by atoms with Gasteiger partial charge in [-0.3, -0.25) is 9.59 Å². The highest BCUT2D eigenvalue weighted by molar-refractivity contribution is 7.17. The molecule has 0 aromatic carbocycles. The molecule has 2 amide bonds. The number of aryl methyl sites for hydroxylation is 1. The highest BCUT2D eigenvalue weighted by Gasteiger charge is 2.30. The number of pyridine rings is 1. The number of carboxylic acid groups (broad SMARTS) is 2. The zero-order valence-corrected chi connectivity index (χ0v) is 21.1. The molecular formula is C23H22N4O8S2. The van der Waals surface area contributed by atoms with Crippen LogP contribution in [-0.4, -0.2) is 63.6 Å². The first-order chi connectivity index (χ1) is 17.7. The summed E-state index contributed by atoms with van der Waals surface area (Å²) in [5.41, 5.74) is 8.80. The predicted molar refractivity (Wildman–Crippen MR) is 134 cm³/mol. The van der Waals surface area contributed by atoms with Crippen molar-refractivity contribution >= 4 is 46.6 Å². The Morgan fingerprint density at radius 2 is 1.86 bits per heavy atom. The smallest absolute Gasteiger partial charge is 0.328 e. The molecule has 0 fully saturated rings. The van der Waals surface area contributed by atoms with E-state index in [0.717, 1.165) is 34.4 Å². The normalized spacial score (nSPS) is 11.6. The number of carbonyl (C=O) groups is 4. The average Bonchev–Trinajstić information content (AvgIpc) is 3.48. The summed E-state index contributed by atoms with van der Waals surface area (Å²) in [5, 5.41) is 18.9. The topological polar surface area (TPSA) is 191 Å². The van der Waals surface area contributed by atoms with Gasteiger partial charge in [-0.05, 0) is 47.6 Å². The number of nitrogens with zero attached hydrogens (tertiary/aromatic N) is 2. The van der Waals surface area contributed by atoms with Crippen LogP contribution in [-0.2, 0) is 27.2 Å². The van der Waals surface area contributed by atoms with Crippen molar-refractivity contribution in [1.82, 2.24) is 14.7 Å². The summed E-state index contributed by atoms with van der Waals surface area (Å²) in [6.07, 6.45) is 6.00. The Bertz CT molecular complexity index is 1310. The van der Waals surface area contributed by atoms with Gasteiger partial charge in [0.1, 0.15) is 11.4 Å². The van der Waals surface area contributed by atoms with E-state index in [2.05, 4.69) is 14.7 Å². The molecule has 0 saturated carbocycles. The maximum Gasteiger partial charge on any atom is 0.328 e. The summed E-state index contributed by atoms with van der Waals surface area (Å²) in [5.74, 6) is -2.79. The Labute approximate surface area is 218 Å². The number of ether oxygens (including phenoxy) is 2. The molecular weight excluding hydrogens is 524 g/mol. The second-order valence-electron chi connectivity index (χ2n) is 7.36. The molecule has 1 aliphatic carbocycles. The van der Waals surface area contributed by atoms with Crippen molar-refractivity contribution in [2.24, 2.45) is 5.73 Å². The van der Waals surface area contributed by atoms with Gasteiger partial charge in [0.15, 0.2) is 5.06 Å². The predicted octanol–water partition coefficient (Wildman–Crippen LogP) is 2.34. The third-order valence-electron chi connectivity index (χ3n) is 4.85. The molecule has 0 aliphatic heterocycles. The van der Waals surface area contributed by atoms with Crippen molar-refractivity contribution in [1.29, 1.82) is 0 Å². The Hall–Kier alpha value is -4.14. The van der Waals surface area contributed by atoms with E-state index in [9.17, 15) is 19.2 Å². The zero-order valence-electron chi connectivity index (χ0n) is 19.4. The van der Waals surface area contributed by atoms with Gasteiger partial charge in [-0.25, -0.2) is 18.9 Å².